The van der Waals surface area contributed by atoms with Crippen LogP contribution in [0.4, 0.5) is 0 Å². The molecule has 1 rings (SSSR count). The summed E-state index contributed by atoms with van der Waals surface area (Å²) in [6.07, 6.45) is 1.47. The van der Waals surface area contributed by atoms with Gasteiger partial charge in [0.2, 0.25) is 0 Å². The van der Waals surface area contributed by atoms with Gasteiger partial charge in [0.25, 0.3) is 0 Å². The van der Waals surface area contributed by atoms with Crippen molar-refractivity contribution in [2.24, 2.45) is 0 Å². The number of ether oxygens (including phenoxy) is 2. The molecule has 1 aromatic rings. The number of hydrogen-bond donors (Lipinski definition) is 1. The molecule has 0 saturated heterocycles. The first-order valence-electron chi connectivity index (χ1n) is 5.53. The quantitative estimate of drug-likeness (QED) is 0.753. The Morgan fingerprint density at radius 3 is 2.76 bits per heavy atom. The molecule has 5 heteroatoms. The Kier molecular flexibility index (Phi) is 5.42. The lowest BCUT2D eigenvalue weighted by molar-refractivity contribution is -0.149. The molecule has 94 valence electrons. The van der Waals surface area contributed by atoms with Crippen LogP contribution < -0.4 is 10.1 Å². The van der Waals surface area contributed by atoms with E-state index in [1.165, 1.54) is 0 Å². The molecule has 1 N–H and O–H groups in total. The number of esters is 1. The maximum absolute atomic E-state index is 11.2. The highest BCUT2D eigenvalue weighted by atomic mass is 16.6. The second-order valence-electron chi connectivity index (χ2n) is 3.84. The van der Waals surface area contributed by atoms with Gasteiger partial charge in [0.1, 0.15) is 5.75 Å². The lowest BCUT2D eigenvalue weighted by atomic mass is 10.3. The maximum Gasteiger partial charge on any atom is 0.344 e. The predicted molar refractivity (Wildman–Crippen MR) is 63.7 cm³/mol. The van der Waals surface area contributed by atoms with E-state index in [0.29, 0.717) is 12.3 Å². The van der Waals surface area contributed by atoms with Gasteiger partial charge in [0.15, 0.2) is 6.61 Å². The van der Waals surface area contributed by atoms with Gasteiger partial charge in [0.05, 0.1) is 18.0 Å². The van der Waals surface area contributed by atoms with Crippen molar-refractivity contribution in [1.82, 2.24) is 10.3 Å². The van der Waals surface area contributed by atoms with E-state index in [2.05, 4.69) is 10.3 Å². The SMILES string of the molecule is CNCc1ccc(OCC(=O)OC(C)C)cn1. The van der Waals surface area contributed by atoms with E-state index in [1.54, 1.807) is 26.1 Å². The maximum atomic E-state index is 11.2. The normalized spacial score (nSPS) is 10.4. The predicted octanol–water partition coefficient (Wildman–Crippen LogP) is 1.13. The standard InChI is InChI=1S/C12H18N2O3/c1-9(2)17-12(15)8-16-11-5-4-10(6-13-3)14-7-11/h4-5,7,9,13H,6,8H2,1-3H3. The highest BCUT2D eigenvalue weighted by molar-refractivity contribution is 5.71. The van der Waals surface area contributed by atoms with Crippen molar-refractivity contribution in [3.05, 3.63) is 24.0 Å². The largest absolute Gasteiger partial charge is 0.480 e. The van der Waals surface area contributed by atoms with Crippen LogP contribution in [0.1, 0.15) is 19.5 Å². The second-order valence-corrected chi connectivity index (χ2v) is 3.84. The van der Waals surface area contributed by atoms with Crippen LogP contribution in [0.2, 0.25) is 0 Å². The van der Waals surface area contributed by atoms with Crippen LogP contribution in [-0.4, -0.2) is 30.7 Å². The molecule has 0 unspecified atom stereocenters. The monoisotopic (exact) mass is 238 g/mol. The molecule has 0 aliphatic carbocycles. The summed E-state index contributed by atoms with van der Waals surface area (Å²) < 4.78 is 10.2. The van der Waals surface area contributed by atoms with Crippen molar-refractivity contribution in [2.45, 2.75) is 26.5 Å². The van der Waals surface area contributed by atoms with E-state index in [4.69, 9.17) is 9.47 Å². The molecule has 0 atom stereocenters. The summed E-state index contributed by atoms with van der Waals surface area (Å²) in [4.78, 5) is 15.4. The number of pyridine rings is 1. The summed E-state index contributed by atoms with van der Waals surface area (Å²) in [6, 6.07) is 3.63. The summed E-state index contributed by atoms with van der Waals surface area (Å²) >= 11 is 0. The molecule has 0 radical (unpaired) electrons. The smallest absolute Gasteiger partial charge is 0.344 e. The zero-order valence-electron chi connectivity index (χ0n) is 10.4. The molecule has 1 heterocycles. The molecule has 0 fully saturated rings. The molecule has 0 saturated carbocycles. The average Bonchev–Trinajstić information content (AvgIpc) is 2.28. The van der Waals surface area contributed by atoms with Gasteiger partial charge < -0.3 is 14.8 Å². The zero-order chi connectivity index (χ0) is 12.7. The number of nitrogens with zero attached hydrogens (tertiary/aromatic N) is 1. The zero-order valence-corrected chi connectivity index (χ0v) is 10.4. The van der Waals surface area contributed by atoms with Crippen molar-refractivity contribution >= 4 is 5.97 Å². The number of aromatic nitrogens is 1. The first kappa shape index (κ1) is 13.4. The highest BCUT2D eigenvalue weighted by Gasteiger charge is 2.06. The van der Waals surface area contributed by atoms with Crippen LogP contribution in [-0.2, 0) is 16.1 Å². The van der Waals surface area contributed by atoms with Crippen LogP contribution in [0.5, 0.6) is 5.75 Å². The van der Waals surface area contributed by atoms with Crippen molar-refractivity contribution in [3.8, 4) is 5.75 Å². The lowest BCUT2D eigenvalue weighted by Crippen LogP contribution is -2.18. The second kappa shape index (κ2) is 6.85. The summed E-state index contributed by atoms with van der Waals surface area (Å²) in [6.45, 7) is 4.21. The molecule has 0 spiro atoms. The Labute approximate surface area is 101 Å². The first-order chi connectivity index (χ1) is 8.11. The Balaban J connectivity index is 2.39. The minimum atomic E-state index is -0.376. The van der Waals surface area contributed by atoms with Crippen molar-refractivity contribution < 1.29 is 14.3 Å². The summed E-state index contributed by atoms with van der Waals surface area (Å²) in [5, 5.41) is 3.00. The van der Waals surface area contributed by atoms with Crippen LogP contribution in [0.25, 0.3) is 0 Å². The molecule has 17 heavy (non-hydrogen) atoms. The molecule has 0 aliphatic heterocycles. The fraction of sp³-hybridized carbons (Fsp3) is 0.500. The van der Waals surface area contributed by atoms with Gasteiger partial charge in [-0.2, -0.15) is 0 Å². The first-order valence-corrected chi connectivity index (χ1v) is 5.53. The van der Waals surface area contributed by atoms with Crippen molar-refractivity contribution in [3.63, 3.8) is 0 Å². The third-order valence-corrected chi connectivity index (χ3v) is 1.88. The Bertz CT molecular complexity index is 349. The number of carbonyl (C=O) groups excluding carboxylic acids is 1. The van der Waals surface area contributed by atoms with Gasteiger partial charge in [0, 0.05) is 6.54 Å². The summed E-state index contributed by atoms with van der Waals surface area (Å²) in [5.74, 6) is 0.185. The fourth-order valence-electron chi connectivity index (χ4n) is 1.22. The van der Waals surface area contributed by atoms with Gasteiger partial charge >= 0.3 is 5.97 Å². The lowest BCUT2D eigenvalue weighted by Gasteiger charge is -2.09. The number of rotatable bonds is 6. The van der Waals surface area contributed by atoms with Crippen LogP contribution in [0.15, 0.2) is 18.3 Å². The molecule has 0 aromatic carbocycles. The third-order valence-electron chi connectivity index (χ3n) is 1.88. The van der Waals surface area contributed by atoms with E-state index in [-0.39, 0.29) is 18.7 Å². The fourth-order valence-corrected chi connectivity index (χ4v) is 1.22. The summed E-state index contributed by atoms with van der Waals surface area (Å²) in [5.41, 5.74) is 0.921. The van der Waals surface area contributed by atoms with Crippen molar-refractivity contribution in [2.75, 3.05) is 13.7 Å². The van der Waals surface area contributed by atoms with Gasteiger partial charge in [-0.25, -0.2) is 4.79 Å². The van der Waals surface area contributed by atoms with E-state index >= 15 is 0 Å². The van der Waals surface area contributed by atoms with Gasteiger partial charge in [-0.05, 0) is 33.0 Å². The highest BCUT2D eigenvalue weighted by Crippen LogP contribution is 2.09. The number of carbonyl (C=O) groups is 1. The average molecular weight is 238 g/mol. The molecule has 1 aromatic heterocycles. The molecule has 0 bridgehead atoms. The van der Waals surface area contributed by atoms with Gasteiger partial charge in [-0.1, -0.05) is 0 Å². The van der Waals surface area contributed by atoms with Crippen molar-refractivity contribution in [1.29, 1.82) is 0 Å². The summed E-state index contributed by atoms with van der Waals surface area (Å²) in [7, 11) is 1.86. The molecular formula is C12H18N2O3. The number of hydrogen-bond acceptors (Lipinski definition) is 5. The van der Waals surface area contributed by atoms with E-state index in [9.17, 15) is 4.79 Å². The van der Waals surface area contributed by atoms with Crippen LogP contribution in [0, 0.1) is 0 Å². The Morgan fingerprint density at radius 2 is 2.24 bits per heavy atom. The topological polar surface area (TPSA) is 60.5 Å². The molecule has 0 amide bonds. The van der Waals surface area contributed by atoms with Crippen LogP contribution >= 0.6 is 0 Å². The van der Waals surface area contributed by atoms with E-state index in [1.807, 2.05) is 13.1 Å². The van der Waals surface area contributed by atoms with Gasteiger partial charge in [-0.15, -0.1) is 0 Å². The molecular weight excluding hydrogens is 220 g/mol. The van der Waals surface area contributed by atoms with Gasteiger partial charge in [-0.3, -0.25) is 4.98 Å². The third kappa shape index (κ3) is 5.31. The Hall–Kier alpha value is -1.62. The minimum absolute atomic E-state index is 0.0920. The number of nitrogens with one attached hydrogen (secondary N) is 1. The molecule has 5 nitrogen and oxygen atoms in total. The Morgan fingerprint density at radius 1 is 1.47 bits per heavy atom. The minimum Gasteiger partial charge on any atom is -0.480 e. The molecule has 0 aliphatic rings. The van der Waals surface area contributed by atoms with E-state index in [0.717, 1.165) is 5.69 Å². The van der Waals surface area contributed by atoms with E-state index < -0.39 is 0 Å². The van der Waals surface area contributed by atoms with Crippen LogP contribution in [0.3, 0.4) is 0 Å².